The van der Waals surface area contributed by atoms with Crippen LogP contribution in [0.1, 0.15) is 39.7 Å². The molecule has 0 aliphatic carbocycles. The molecule has 0 radical (unpaired) electrons. The van der Waals surface area contributed by atoms with Crippen LogP contribution in [-0.2, 0) is 0 Å². The SMILES string of the molecule is C/C=C/N=C/C=C/c1ccccc1.CC.CC/C=C/O. The van der Waals surface area contributed by atoms with E-state index in [-0.39, 0.29) is 0 Å². The number of allylic oxidation sites excluding steroid dienone is 3. The number of benzene rings is 1. The summed E-state index contributed by atoms with van der Waals surface area (Å²) in [4.78, 5) is 4.01. The predicted molar refractivity (Wildman–Crippen MR) is 92.2 cm³/mol. The minimum atomic E-state index is 0.913. The van der Waals surface area contributed by atoms with E-state index in [2.05, 4.69) is 17.1 Å². The molecule has 0 saturated carbocycles. The third-order valence-corrected chi connectivity index (χ3v) is 1.84. The van der Waals surface area contributed by atoms with Crippen molar-refractivity contribution < 1.29 is 5.11 Å². The molecule has 0 saturated heterocycles. The lowest BCUT2D eigenvalue weighted by Crippen LogP contribution is -1.68. The van der Waals surface area contributed by atoms with Gasteiger partial charge in [0.1, 0.15) is 0 Å². The molecule has 20 heavy (non-hydrogen) atoms. The van der Waals surface area contributed by atoms with Crippen molar-refractivity contribution >= 4 is 12.3 Å². The zero-order valence-corrected chi connectivity index (χ0v) is 13.0. The highest BCUT2D eigenvalue weighted by atomic mass is 16.2. The van der Waals surface area contributed by atoms with Gasteiger partial charge in [-0.1, -0.05) is 69.3 Å². The Morgan fingerprint density at radius 3 is 2.25 bits per heavy atom. The maximum absolute atomic E-state index is 7.89. The smallest absolute Gasteiger partial charge is 0.0751 e. The van der Waals surface area contributed by atoms with Crippen LogP contribution in [0, 0.1) is 0 Å². The largest absolute Gasteiger partial charge is 0.516 e. The highest BCUT2D eigenvalue weighted by Crippen LogP contribution is 1.99. The lowest BCUT2D eigenvalue weighted by atomic mass is 10.2. The van der Waals surface area contributed by atoms with Crippen LogP contribution in [0.4, 0.5) is 0 Å². The van der Waals surface area contributed by atoms with Gasteiger partial charge in [-0.2, -0.15) is 0 Å². The predicted octanol–water partition coefficient (Wildman–Crippen LogP) is 5.80. The first-order valence-electron chi connectivity index (χ1n) is 7.00. The highest BCUT2D eigenvalue weighted by molar-refractivity contribution is 5.78. The van der Waals surface area contributed by atoms with Gasteiger partial charge in [0.2, 0.25) is 0 Å². The molecule has 0 amide bonds. The van der Waals surface area contributed by atoms with Crippen LogP contribution in [0.5, 0.6) is 0 Å². The summed E-state index contributed by atoms with van der Waals surface area (Å²) in [7, 11) is 0. The molecule has 0 unspecified atom stereocenters. The second kappa shape index (κ2) is 19.3. The maximum Gasteiger partial charge on any atom is 0.0751 e. The van der Waals surface area contributed by atoms with E-state index in [1.165, 1.54) is 5.56 Å². The van der Waals surface area contributed by atoms with Crippen molar-refractivity contribution in [3.8, 4) is 0 Å². The minimum Gasteiger partial charge on any atom is -0.516 e. The topological polar surface area (TPSA) is 32.6 Å². The monoisotopic (exact) mass is 273 g/mol. The van der Waals surface area contributed by atoms with Crippen molar-refractivity contribution in [1.29, 1.82) is 0 Å². The molecule has 2 heteroatoms. The first-order valence-corrected chi connectivity index (χ1v) is 7.00. The third-order valence-electron chi connectivity index (χ3n) is 1.84. The molecule has 1 N–H and O–H groups in total. The zero-order valence-electron chi connectivity index (χ0n) is 13.0. The Kier molecular flexibility index (Phi) is 19.5. The summed E-state index contributed by atoms with van der Waals surface area (Å²) in [5, 5.41) is 7.89. The van der Waals surface area contributed by atoms with Crippen LogP contribution in [0.25, 0.3) is 6.08 Å². The summed E-state index contributed by atoms with van der Waals surface area (Å²) >= 11 is 0. The van der Waals surface area contributed by atoms with E-state index in [9.17, 15) is 0 Å². The van der Waals surface area contributed by atoms with Crippen LogP contribution in [0.2, 0.25) is 0 Å². The van der Waals surface area contributed by atoms with E-state index in [4.69, 9.17) is 5.11 Å². The Morgan fingerprint density at radius 1 is 1.15 bits per heavy atom. The van der Waals surface area contributed by atoms with Gasteiger partial charge in [0.05, 0.1) is 6.26 Å². The van der Waals surface area contributed by atoms with E-state index in [1.807, 2.05) is 64.1 Å². The molecule has 0 bridgehead atoms. The number of hydrogen-bond acceptors (Lipinski definition) is 2. The van der Waals surface area contributed by atoms with Crippen LogP contribution < -0.4 is 0 Å². The standard InChI is InChI=1S/C12H13N.C4H8O.C2H6/c1-2-10-13-11-6-9-12-7-4-3-5-8-12;1-2-3-4-5;1-2/h2-11H,1H3;3-5H,2H2,1H3;1-2H3/b9-6+,10-2+,13-11+;4-3+;. The fourth-order valence-corrected chi connectivity index (χ4v) is 1.01. The molecule has 0 aliphatic heterocycles. The van der Waals surface area contributed by atoms with Gasteiger partial charge in [-0.25, -0.2) is 0 Å². The Morgan fingerprint density at radius 2 is 1.80 bits per heavy atom. The Balaban J connectivity index is 0. The van der Waals surface area contributed by atoms with Crippen molar-refractivity contribution in [2.45, 2.75) is 34.1 Å². The molecule has 1 aromatic rings. The number of aliphatic hydroxyl groups excluding tert-OH is 1. The summed E-state index contributed by atoms with van der Waals surface area (Å²) < 4.78 is 0. The van der Waals surface area contributed by atoms with Gasteiger partial charge in [0.15, 0.2) is 0 Å². The highest BCUT2D eigenvalue weighted by Gasteiger charge is 1.79. The van der Waals surface area contributed by atoms with Crippen LogP contribution >= 0.6 is 0 Å². The number of hydrogen-bond donors (Lipinski definition) is 1. The number of nitrogens with zero attached hydrogens (tertiary/aromatic N) is 1. The lowest BCUT2D eigenvalue weighted by molar-refractivity contribution is 0.471. The van der Waals surface area contributed by atoms with Gasteiger partial charge in [0.25, 0.3) is 0 Å². The van der Waals surface area contributed by atoms with Crippen molar-refractivity contribution in [1.82, 2.24) is 0 Å². The second-order valence-electron chi connectivity index (χ2n) is 3.34. The summed E-state index contributed by atoms with van der Waals surface area (Å²) in [6.07, 6.45) is 13.0. The average Bonchev–Trinajstić information content (AvgIpc) is 2.52. The zero-order chi connectivity index (χ0) is 15.5. The van der Waals surface area contributed by atoms with Gasteiger partial charge >= 0.3 is 0 Å². The molecule has 0 spiro atoms. The molecule has 0 aromatic heterocycles. The van der Waals surface area contributed by atoms with Gasteiger partial charge in [-0.3, -0.25) is 4.99 Å². The quantitative estimate of drug-likeness (QED) is 0.546. The van der Waals surface area contributed by atoms with Crippen molar-refractivity contribution in [3.05, 3.63) is 66.6 Å². The maximum atomic E-state index is 7.89. The minimum absolute atomic E-state index is 0.913. The van der Waals surface area contributed by atoms with Crippen molar-refractivity contribution in [3.63, 3.8) is 0 Å². The first-order chi connectivity index (χ1) is 9.85. The van der Waals surface area contributed by atoms with Crippen molar-refractivity contribution in [2.75, 3.05) is 0 Å². The van der Waals surface area contributed by atoms with E-state index in [0.717, 1.165) is 12.7 Å². The fourth-order valence-electron chi connectivity index (χ4n) is 1.01. The van der Waals surface area contributed by atoms with Crippen molar-refractivity contribution in [2.24, 2.45) is 4.99 Å². The van der Waals surface area contributed by atoms with Gasteiger partial charge < -0.3 is 5.11 Å². The lowest BCUT2D eigenvalue weighted by Gasteiger charge is -1.87. The number of rotatable bonds is 4. The molecule has 0 aliphatic rings. The normalized spacial score (nSPS) is 10.6. The van der Waals surface area contributed by atoms with E-state index >= 15 is 0 Å². The average molecular weight is 273 g/mol. The Hall–Kier alpha value is -2.09. The molecule has 1 rings (SSSR count). The summed E-state index contributed by atoms with van der Waals surface area (Å²) in [5.74, 6) is 0. The van der Waals surface area contributed by atoms with E-state index in [0.29, 0.717) is 0 Å². The molecule has 0 heterocycles. The Bertz CT molecular complexity index is 389. The van der Waals surface area contributed by atoms with Crippen LogP contribution in [0.15, 0.2) is 66.0 Å². The van der Waals surface area contributed by atoms with Gasteiger partial charge in [0, 0.05) is 12.4 Å². The molecule has 2 nitrogen and oxygen atoms in total. The summed E-state index contributed by atoms with van der Waals surface area (Å²) in [6.45, 7) is 7.91. The summed E-state index contributed by atoms with van der Waals surface area (Å²) in [6, 6.07) is 10.1. The van der Waals surface area contributed by atoms with E-state index < -0.39 is 0 Å². The third kappa shape index (κ3) is 15.9. The molecule has 110 valence electrons. The van der Waals surface area contributed by atoms with Crippen LogP contribution in [0.3, 0.4) is 0 Å². The second-order valence-corrected chi connectivity index (χ2v) is 3.34. The molecule has 0 atom stereocenters. The number of aliphatic imine (C=N–C) groups is 1. The molecular formula is C18H27NO. The molecular weight excluding hydrogens is 246 g/mol. The Labute approximate surface area is 123 Å². The molecule has 1 aromatic carbocycles. The van der Waals surface area contributed by atoms with Gasteiger partial charge in [-0.05, 0) is 25.0 Å². The fraction of sp³-hybridized carbons (Fsp3) is 0.278. The molecule has 0 fully saturated rings. The first kappa shape index (κ1) is 20.2. The van der Waals surface area contributed by atoms with Crippen LogP contribution in [-0.4, -0.2) is 11.3 Å². The van der Waals surface area contributed by atoms with Gasteiger partial charge in [-0.15, -0.1) is 0 Å². The van der Waals surface area contributed by atoms with E-state index in [1.54, 1.807) is 18.5 Å². The summed E-state index contributed by atoms with van der Waals surface area (Å²) in [5.41, 5.74) is 1.19. The number of aliphatic hydroxyl groups is 1.